The topological polar surface area (TPSA) is 71.2 Å². The number of hydrogen-bond acceptors (Lipinski definition) is 4. The van der Waals surface area contributed by atoms with Crippen LogP contribution >= 0.6 is 0 Å². The van der Waals surface area contributed by atoms with Crippen molar-refractivity contribution in [2.45, 2.75) is 19.4 Å². The number of aromatic nitrogens is 3. The predicted molar refractivity (Wildman–Crippen MR) is 74.6 cm³/mol. The van der Waals surface area contributed by atoms with Crippen LogP contribution in [0.5, 0.6) is 0 Å². The summed E-state index contributed by atoms with van der Waals surface area (Å²) >= 11 is 0. The van der Waals surface area contributed by atoms with E-state index in [1.807, 2.05) is 6.07 Å². The Bertz CT molecular complexity index is 587. The number of rotatable bonds is 4. The van der Waals surface area contributed by atoms with E-state index in [0.717, 1.165) is 5.69 Å². The molecular formula is C14H18N4O2. The van der Waals surface area contributed by atoms with Crippen LogP contribution in [-0.4, -0.2) is 49.9 Å². The molecule has 6 heteroatoms. The van der Waals surface area contributed by atoms with Crippen LogP contribution in [0, 0.1) is 0 Å². The lowest BCUT2D eigenvalue weighted by Gasteiger charge is -2.25. The smallest absolute Gasteiger partial charge is 0.272 e. The van der Waals surface area contributed by atoms with Crippen molar-refractivity contribution in [2.24, 2.45) is 0 Å². The lowest BCUT2D eigenvalue weighted by molar-refractivity contribution is 0.0365. The number of aliphatic hydroxyl groups is 1. The molecule has 1 amide bonds. The fourth-order valence-electron chi connectivity index (χ4n) is 1.95. The van der Waals surface area contributed by atoms with Gasteiger partial charge in [0, 0.05) is 32.2 Å². The van der Waals surface area contributed by atoms with Gasteiger partial charge in [-0.15, -0.1) is 0 Å². The van der Waals surface area contributed by atoms with E-state index >= 15 is 0 Å². The third-order valence-electron chi connectivity index (χ3n) is 2.70. The van der Waals surface area contributed by atoms with Gasteiger partial charge in [0.2, 0.25) is 0 Å². The third-order valence-corrected chi connectivity index (χ3v) is 2.70. The highest BCUT2D eigenvalue weighted by Crippen LogP contribution is 2.11. The van der Waals surface area contributed by atoms with Crippen LogP contribution in [0.4, 0.5) is 0 Å². The molecule has 0 fully saturated rings. The zero-order chi connectivity index (χ0) is 14.8. The Hall–Kier alpha value is -2.21. The van der Waals surface area contributed by atoms with E-state index in [1.54, 1.807) is 56.3 Å². The quantitative estimate of drug-likeness (QED) is 0.906. The lowest BCUT2D eigenvalue weighted by Crippen LogP contribution is -2.40. The second-order valence-corrected chi connectivity index (χ2v) is 5.32. The fourth-order valence-corrected chi connectivity index (χ4v) is 1.95. The van der Waals surface area contributed by atoms with Gasteiger partial charge in [0.25, 0.3) is 5.91 Å². The van der Waals surface area contributed by atoms with Gasteiger partial charge in [-0.2, -0.15) is 5.10 Å². The first-order valence-corrected chi connectivity index (χ1v) is 6.31. The second kappa shape index (κ2) is 5.42. The normalized spacial score (nSPS) is 11.4. The zero-order valence-electron chi connectivity index (χ0n) is 11.8. The van der Waals surface area contributed by atoms with Crippen LogP contribution in [0.2, 0.25) is 0 Å². The summed E-state index contributed by atoms with van der Waals surface area (Å²) in [6.45, 7) is 3.55. The average Bonchev–Trinajstić information content (AvgIpc) is 2.90. The summed E-state index contributed by atoms with van der Waals surface area (Å²) < 4.78 is 1.66. The second-order valence-electron chi connectivity index (χ2n) is 5.32. The van der Waals surface area contributed by atoms with Crippen LogP contribution in [0.25, 0.3) is 5.69 Å². The van der Waals surface area contributed by atoms with Gasteiger partial charge < -0.3 is 10.0 Å². The Kier molecular flexibility index (Phi) is 3.85. The molecule has 106 valence electrons. The molecule has 6 nitrogen and oxygen atoms in total. The van der Waals surface area contributed by atoms with Crippen molar-refractivity contribution in [1.82, 2.24) is 19.7 Å². The first-order valence-electron chi connectivity index (χ1n) is 6.31. The van der Waals surface area contributed by atoms with Crippen molar-refractivity contribution in [1.29, 1.82) is 0 Å². The van der Waals surface area contributed by atoms with Crippen LogP contribution in [-0.2, 0) is 0 Å². The van der Waals surface area contributed by atoms with Crippen LogP contribution in [0.15, 0.2) is 36.8 Å². The van der Waals surface area contributed by atoms with Crippen molar-refractivity contribution < 1.29 is 9.90 Å². The summed E-state index contributed by atoms with van der Waals surface area (Å²) in [7, 11) is 1.64. The van der Waals surface area contributed by atoms with Crippen LogP contribution < -0.4 is 0 Å². The van der Waals surface area contributed by atoms with E-state index < -0.39 is 5.60 Å². The first kappa shape index (κ1) is 14.2. The number of likely N-dealkylation sites (N-methyl/N-ethyl adjacent to an activating group) is 1. The molecule has 0 unspecified atom stereocenters. The average molecular weight is 274 g/mol. The zero-order valence-corrected chi connectivity index (χ0v) is 11.8. The minimum Gasteiger partial charge on any atom is -0.389 e. The van der Waals surface area contributed by atoms with E-state index in [2.05, 4.69) is 10.1 Å². The SMILES string of the molecule is CN(CC(C)(C)O)C(=O)c1cc(-n2cccn2)ccn1. The molecular weight excluding hydrogens is 256 g/mol. The van der Waals surface area contributed by atoms with E-state index in [1.165, 1.54) is 4.90 Å². The van der Waals surface area contributed by atoms with Gasteiger partial charge in [-0.3, -0.25) is 9.78 Å². The summed E-state index contributed by atoms with van der Waals surface area (Å²) in [4.78, 5) is 17.8. The Morgan fingerprint density at radius 3 is 2.80 bits per heavy atom. The van der Waals surface area contributed by atoms with Gasteiger partial charge >= 0.3 is 0 Å². The largest absolute Gasteiger partial charge is 0.389 e. The van der Waals surface area contributed by atoms with E-state index in [0.29, 0.717) is 5.69 Å². The molecule has 0 radical (unpaired) electrons. The Labute approximate surface area is 117 Å². The van der Waals surface area contributed by atoms with Gasteiger partial charge in [-0.1, -0.05) is 0 Å². The number of carbonyl (C=O) groups excluding carboxylic acids is 1. The molecule has 0 atom stereocenters. The minimum absolute atomic E-state index is 0.235. The number of amides is 1. The van der Waals surface area contributed by atoms with Crippen molar-refractivity contribution in [3.63, 3.8) is 0 Å². The van der Waals surface area contributed by atoms with Gasteiger partial charge in [0.15, 0.2) is 0 Å². The highest BCUT2D eigenvalue weighted by atomic mass is 16.3. The van der Waals surface area contributed by atoms with Crippen LogP contribution in [0.3, 0.4) is 0 Å². The predicted octanol–water partition coefficient (Wildman–Crippen LogP) is 1.11. The molecule has 1 N–H and O–H groups in total. The summed E-state index contributed by atoms with van der Waals surface area (Å²) in [5.74, 6) is -0.235. The highest BCUT2D eigenvalue weighted by Gasteiger charge is 2.21. The third kappa shape index (κ3) is 3.42. The molecule has 0 aliphatic heterocycles. The number of carbonyl (C=O) groups is 1. The number of pyridine rings is 1. The van der Waals surface area contributed by atoms with E-state index in [9.17, 15) is 9.90 Å². The molecule has 0 saturated heterocycles. The molecule has 20 heavy (non-hydrogen) atoms. The van der Waals surface area contributed by atoms with E-state index in [4.69, 9.17) is 0 Å². The molecule has 0 aromatic carbocycles. The summed E-state index contributed by atoms with van der Waals surface area (Å²) in [5.41, 5.74) is 0.152. The van der Waals surface area contributed by atoms with Crippen LogP contribution in [0.1, 0.15) is 24.3 Å². The molecule has 0 aliphatic carbocycles. The van der Waals surface area contributed by atoms with Crippen molar-refractivity contribution >= 4 is 5.91 Å². The van der Waals surface area contributed by atoms with Gasteiger partial charge in [-0.25, -0.2) is 4.68 Å². The van der Waals surface area contributed by atoms with Gasteiger partial charge in [0.05, 0.1) is 11.3 Å². The summed E-state index contributed by atoms with van der Waals surface area (Å²) in [6.07, 6.45) is 5.04. The lowest BCUT2D eigenvalue weighted by atomic mass is 10.1. The maximum atomic E-state index is 12.3. The molecule has 0 aliphatic rings. The molecule has 2 aromatic heterocycles. The Morgan fingerprint density at radius 2 is 2.20 bits per heavy atom. The molecule has 2 aromatic rings. The fraction of sp³-hybridized carbons (Fsp3) is 0.357. The number of hydrogen-bond donors (Lipinski definition) is 1. The monoisotopic (exact) mass is 274 g/mol. The summed E-state index contributed by atoms with van der Waals surface area (Å²) in [6, 6.07) is 5.26. The molecule has 2 rings (SSSR count). The van der Waals surface area contributed by atoms with Gasteiger partial charge in [-0.05, 0) is 32.0 Å². The minimum atomic E-state index is -0.940. The molecule has 2 heterocycles. The summed E-state index contributed by atoms with van der Waals surface area (Å²) in [5, 5.41) is 13.9. The standard InChI is InChI=1S/C14H18N4O2/c1-14(2,20)10-17(3)13(19)12-9-11(5-7-15-12)18-8-4-6-16-18/h4-9,20H,10H2,1-3H3. The molecule has 0 saturated carbocycles. The first-order chi connectivity index (χ1) is 9.37. The Morgan fingerprint density at radius 1 is 1.45 bits per heavy atom. The molecule has 0 spiro atoms. The number of nitrogens with zero attached hydrogens (tertiary/aromatic N) is 4. The maximum absolute atomic E-state index is 12.3. The van der Waals surface area contributed by atoms with Crippen molar-refractivity contribution in [2.75, 3.05) is 13.6 Å². The van der Waals surface area contributed by atoms with E-state index in [-0.39, 0.29) is 12.5 Å². The van der Waals surface area contributed by atoms with Crippen molar-refractivity contribution in [3.05, 3.63) is 42.5 Å². The molecule has 0 bridgehead atoms. The van der Waals surface area contributed by atoms with Gasteiger partial charge in [0.1, 0.15) is 5.69 Å². The van der Waals surface area contributed by atoms with Crippen molar-refractivity contribution in [3.8, 4) is 5.69 Å². The Balaban J connectivity index is 2.21. The highest BCUT2D eigenvalue weighted by molar-refractivity contribution is 5.92. The maximum Gasteiger partial charge on any atom is 0.272 e.